The highest BCUT2D eigenvalue weighted by Gasteiger charge is 2.22. The van der Waals surface area contributed by atoms with Crippen LogP contribution < -0.4 is 10.1 Å². The van der Waals surface area contributed by atoms with Crippen LogP contribution in [-0.2, 0) is 9.47 Å². The minimum absolute atomic E-state index is 0.0387. The van der Waals surface area contributed by atoms with Crippen molar-refractivity contribution in [2.45, 2.75) is 18.6 Å². The zero-order chi connectivity index (χ0) is 12.8. The van der Waals surface area contributed by atoms with Crippen LogP contribution >= 0.6 is 0 Å². The summed E-state index contributed by atoms with van der Waals surface area (Å²) < 4.78 is 16.7. The van der Waals surface area contributed by atoms with Gasteiger partial charge in [-0.3, -0.25) is 0 Å². The van der Waals surface area contributed by atoms with Gasteiger partial charge < -0.3 is 19.5 Å². The van der Waals surface area contributed by atoms with Crippen molar-refractivity contribution in [3.63, 3.8) is 0 Å². The molecule has 1 aliphatic rings. The van der Waals surface area contributed by atoms with Gasteiger partial charge in [0.05, 0.1) is 25.9 Å². The number of likely N-dealkylation sites (N-methyl/N-ethyl adjacent to an activating group) is 1. The van der Waals surface area contributed by atoms with Crippen molar-refractivity contribution in [2.24, 2.45) is 0 Å². The minimum atomic E-state index is 0.0387. The summed E-state index contributed by atoms with van der Waals surface area (Å²) in [6.07, 6.45) is 1.22. The lowest BCUT2D eigenvalue weighted by molar-refractivity contribution is -0.0157. The largest absolute Gasteiger partial charge is 0.497 e. The fourth-order valence-electron chi connectivity index (χ4n) is 2.12. The molecule has 0 spiro atoms. The molecule has 2 rings (SSSR count). The van der Waals surface area contributed by atoms with Crippen molar-refractivity contribution in [1.29, 1.82) is 0 Å². The summed E-state index contributed by atoms with van der Waals surface area (Å²) in [5, 5.41) is 3.17. The Hall–Kier alpha value is -1.10. The molecule has 4 heteroatoms. The van der Waals surface area contributed by atoms with Crippen LogP contribution in [0.3, 0.4) is 0 Å². The maximum atomic E-state index is 6.09. The van der Waals surface area contributed by atoms with E-state index in [0.29, 0.717) is 6.61 Å². The number of rotatable bonds is 6. The number of methoxy groups -OCH3 is 1. The third kappa shape index (κ3) is 3.45. The lowest BCUT2D eigenvalue weighted by Crippen LogP contribution is -2.25. The molecule has 1 saturated heterocycles. The van der Waals surface area contributed by atoms with Gasteiger partial charge in [-0.2, -0.15) is 0 Å². The molecule has 0 saturated carbocycles. The van der Waals surface area contributed by atoms with E-state index in [1.165, 1.54) is 0 Å². The lowest BCUT2D eigenvalue weighted by Gasteiger charge is -2.22. The first-order valence-electron chi connectivity index (χ1n) is 6.35. The third-order valence-corrected chi connectivity index (χ3v) is 3.10. The van der Waals surface area contributed by atoms with E-state index < -0.39 is 0 Å². The standard InChI is InChI=1S/C14H21NO3/c1-15-9-14(18-13-6-7-17-10-13)11-4-3-5-12(8-11)16-2/h3-5,8,13-15H,6-7,9-10H2,1-2H3. The van der Waals surface area contributed by atoms with E-state index >= 15 is 0 Å². The van der Waals surface area contributed by atoms with Gasteiger partial charge in [0.15, 0.2) is 0 Å². The molecule has 0 amide bonds. The molecule has 0 aromatic heterocycles. The van der Waals surface area contributed by atoms with Crippen LogP contribution in [0, 0.1) is 0 Å². The van der Waals surface area contributed by atoms with Gasteiger partial charge in [-0.1, -0.05) is 12.1 Å². The Morgan fingerprint density at radius 2 is 2.39 bits per heavy atom. The Bertz CT molecular complexity index is 364. The average molecular weight is 251 g/mol. The Labute approximate surface area is 108 Å². The Morgan fingerprint density at radius 1 is 1.50 bits per heavy atom. The van der Waals surface area contributed by atoms with Gasteiger partial charge in [0.1, 0.15) is 5.75 Å². The summed E-state index contributed by atoms with van der Waals surface area (Å²) in [6, 6.07) is 8.03. The minimum Gasteiger partial charge on any atom is -0.497 e. The molecule has 1 aliphatic heterocycles. The molecule has 2 unspecified atom stereocenters. The number of benzene rings is 1. The van der Waals surface area contributed by atoms with Crippen molar-refractivity contribution < 1.29 is 14.2 Å². The highest BCUT2D eigenvalue weighted by atomic mass is 16.6. The van der Waals surface area contributed by atoms with E-state index in [2.05, 4.69) is 11.4 Å². The van der Waals surface area contributed by atoms with E-state index in [-0.39, 0.29) is 12.2 Å². The zero-order valence-electron chi connectivity index (χ0n) is 11.0. The topological polar surface area (TPSA) is 39.7 Å². The molecule has 1 N–H and O–H groups in total. The number of hydrogen-bond acceptors (Lipinski definition) is 4. The second-order valence-electron chi connectivity index (χ2n) is 4.44. The molecule has 2 atom stereocenters. The summed E-state index contributed by atoms with van der Waals surface area (Å²) >= 11 is 0. The second-order valence-corrected chi connectivity index (χ2v) is 4.44. The summed E-state index contributed by atoms with van der Waals surface area (Å²) in [7, 11) is 3.61. The van der Waals surface area contributed by atoms with Crippen LogP contribution in [0.2, 0.25) is 0 Å². The average Bonchev–Trinajstić information content (AvgIpc) is 2.91. The smallest absolute Gasteiger partial charge is 0.119 e. The summed E-state index contributed by atoms with van der Waals surface area (Å²) in [6.45, 7) is 2.28. The summed E-state index contributed by atoms with van der Waals surface area (Å²) in [5.74, 6) is 0.861. The molecular weight excluding hydrogens is 230 g/mol. The number of hydrogen-bond donors (Lipinski definition) is 1. The van der Waals surface area contributed by atoms with Crippen LogP contribution in [0.25, 0.3) is 0 Å². The molecule has 1 heterocycles. The van der Waals surface area contributed by atoms with Crippen LogP contribution in [0.4, 0.5) is 0 Å². The van der Waals surface area contributed by atoms with Crippen LogP contribution in [0.5, 0.6) is 5.75 Å². The predicted octanol–water partition coefficient (Wildman–Crippen LogP) is 1.76. The maximum absolute atomic E-state index is 6.09. The Kier molecular flexibility index (Phi) is 4.99. The first-order chi connectivity index (χ1) is 8.83. The van der Waals surface area contributed by atoms with Crippen molar-refractivity contribution >= 4 is 0 Å². The highest BCUT2D eigenvalue weighted by molar-refractivity contribution is 5.30. The monoisotopic (exact) mass is 251 g/mol. The normalized spacial score (nSPS) is 20.9. The van der Waals surface area contributed by atoms with Gasteiger partial charge in [-0.15, -0.1) is 0 Å². The van der Waals surface area contributed by atoms with Crippen molar-refractivity contribution in [3.05, 3.63) is 29.8 Å². The number of ether oxygens (including phenoxy) is 3. The molecule has 18 heavy (non-hydrogen) atoms. The van der Waals surface area contributed by atoms with Crippen molar-refractivity contribution in [1.82, 2.24) is 5.32 Å². The fraction of sp³-hybridized carbons (Fsp3) is 0.571. The maximum Gasteiger partial charge on any atom is 0.119 e. The molecule has 4 nitrogen and oxygen atoms in total. The van der Waals surface area contributed by atoms with E-state index in [4.69, 9.17) is 14.2 Å². The molecule has 0 aliphatic carbocycles. The van der Waals surface area contributed by atoms with Gasteiger partial charge in [-0.25, -0.2) is 0 Å². The lowest BCUT2D eigenvalue weighted by atomic mass is 10.1. The van der Waals surface area contributed by atoms with Crippen LogP contribution in [0.1, 0.15) is 18.1 Å². The summed E-state index contributed by atoms with van der Waals surface area (Å²) in [5.41, 5.74) is 1.13. The fourth-order valence-corrected chi connectivity index (χ4v) is 2.12. The molecule has 1 aromatic carbocycles. The molecule has 1 fully saturated rings. The van der Waals surface area contributed by atoms with Crippen LogP contribution in [0.15, 0.2) is 24.3 Å². The molecular formula is C14H21NO3. The van der Waals surface area contributed by atoms with Crippen LogP contribution in [-0.4, -0.2) is 40.0 Å². The van der Waals surface area contributed by atoms with Gasteiger partial charge in [-0.05, 0) is 31.2 Å². The van der Waals surface area contributed by atoms with Gasteiger partial charge >= 0.3 is 0 Å². The molecule has 0 radical (unpaired) electrons. The van der Waals surface area contributed by atoms with Gasteiger partial charge in [0.2, 0.25) is 0 Å². The van der Waals surface area contributed by atoms with E-state index in [9.17, 15) is 0 Å². The first kappa shape index (κ1) is 13.3. The third-order valence-electron chi connectivity index (χ3n) is 3.10. The highest BCUT2D eigenvalue weighted by Crippen LogP contribution is 2.24. The first-order valence-corrected chi connectivity index (χ1v) is 6.35. The predicted molar refractivity (Wildman–Crippen MR) is 70.0 cm³/mol. The quantitative estimate of drug-likeness (QED) is 0.836. The molecule has 0 bridgehead atoms. The molecule has 1 aromatic rings. The zero-order valence-corrected chi connectivity index (χ0v) is 11.0. The van der Waals surface area contributed by atoms with Crippen molar-refractivity contribution in [3.8, 4) is 5.75 Å². The van der Waals surface area contributed by atoms with Gasteiger partial charge in [0.25, 0.3) is 0 Å². The van der Waals surface area contributed by atoms with Gasteiger partial charge in [0, 0.05) is 13.2 Å². The summed E-state index contributed by atoms with van der Waals surface area (Å²) in [4.78, 5) is 0. The van der Waals surface area contributed by atoms with Crippen molar-refractivity contribution in [2.75, 3.05) is 33.9 Å². The molecule has 100 valence electrons. The second kappa shape index (κ2) is 6.73. The number of nitrogens with one attached hydrogen (secondary N) is 1. The van der Waals surface area contributed by atoms with E-state index in [1.54, 1.807) is 7.11 Å². The Balaban J connectivity index is 2.06. The Morgan fingerprint density at radius 3 is 3.06 bits per heavy atom. The SMILES string of the molecule is CNCC(OC1CCOC1)c1cccc(OC)c1. The van der Waals surface area contributed by atoms with E-state index in [1.807, 2.05) is 25.2 Å². The van der Waals surface area contributed by atoms with E-state index in [0.717, 1.165) is 30.9 Å².